The van der Waals surface area contributed by atoms with Gasteiger partial charge in [-0.2, -0.15) is 5.10 Å². The van der Waals surface area contributed by atoms with Crippen LogP contribution in [0, 0.1) is 0 Å². The highest BCUT2D eigenvalue weighted by molar-refractivity contribution is 5.92. The van der Waals surface area contributed by atoms with Gasteiger partial charge in [0.1, 0.15) is 0 Å². The van der Waals surface area contributed by atoms with Gasteiger partial charge in [0, 0.05) is 26.2 Å². The predicted octanol–water partition coefficient (Wildman–Crippen LogP) is 0.630. The Morgan fingerprint density at radius 2 is 2.28 bits per heavy atom. The number of rotatable bonds is 7. The molecule has 0 bridgehead atoms. The van der Waals surface area contributed by atoms with Gasteiger partial charge in [-0.3, -0.25) is 4.79 Å². The Bertz CT molecular complexity index is 389. The van der Waals surface area contributed by atoms with Crippen LogP contribution in [0.5, 0.6) is 5.88 Å². The highest BCUT2D eigenvalue weighted by Gasteiger charge is 2.19. The lowest BCUT2D eigenvalue weighted by Gasteiger charge is -2.20. The first kappa shape index (κ1) is 14.5. The molecule has 0 saturated carbocycles. The van der Waals surface area contributed by atoms with Crippen molar-refractivity contribution in [1.82, 2.24) is 14.7 Å². The van der Waals surface area contributed by atoms with Crippen LogP contribution in [0.15, 0.2) is 6.07 Å². The van der Waals surface area contributed by atoms with E-state index in [1.807, 2.05) is 6.92 Å². The van der Waals surface area contributed by atoms with E-state index in [0.717, 1.165) is 19.4 Å². The molecule has 0 spiro atoms. The van der Waals surface area contributed by atoms with Gasteiger partial charge < -0.3 is 15.4 Å². The molecule has 0 radical (unpaired) electrons. The standard InChI is InChI=1S/C12H22N4O2/c1-4-7-16(8-5-6-13)12(17)10-9-11(18-3)15(2)14-10/h9H,4-8,13H2,1-3H3. The summed E-state index contributed by atoms with van der Waals surface area (Å²) in [5, 5.41) is 4.16. The van der Waals surface area contributed by atoms with Crippen molar-refractivity contribution in [3.05, 3.63) is 11.8 Å². The van der Waals surface area contributed by atoms with Crippen molar-refractivity contribution < 1.29 is 9.53 Å². The van der Waals surface area contributed by atoms with E-state index in [9.17, 15) is 4.79 Å². The van der Waals surface area contributed by atoms with Crippen LogP contribution in [0.2, 0.25) is 0 Å². The molecule has 1 amide bonds. The lowest BCUT2D eigenvalue weighted by molar-refractivity contribution is 0.0748. The fourth-order valence-electron chi connectivity index (χ4n) is 1.77. The lowest BCUT2D eigenvalue weighted by atomic mass is 10.3. The maximum atomic E-state index is 12.3. The van der Waals surface area contributed by atoms with Crippen molar-refractivity contribution in [3.8, 4) is 5.88 Å². The Morgan fingerprint density at radius 1 is 1.56 bits per heavy atom. The third-order valence-corrected chi connectivity index (χ3v) is 2.68. The summed E-state index contributed by atoms with van der Waals surface area (Å²) >= 11 is 0. The lowest BCUT2D eigenvalue weighted by Crippen LogP contribution is -2.34. The number of nitrogens with two attached hydrogens (primary N) is 1. The van der Waals surface area contributed by atoms with Crippen LogP contribution in [-0.2, 0) is 7.05 Å². The van der Waals surface area contributed by atoms with E-state index in [4.69, 9.17) is 10.5 Å². The molecule has 102 valence electrons. The number of hydrogen-bond acceptors (Lipinski definition) is 4. The highest BCUT2D eigenvalue weighted by Crippen LogP contribution is 2.13. The van der Waals surface area contributed by atoms with Gasteiger partial charge in [0.05, 0.1) is 7.11 Å². The molecule has 0 aliphatic heterocycles. The number of nitrogens with zero attached hydrogens (tertiary/aromatic N) is 3. The molecule has 0 fully saturated rings. The molecule has 0 aliphatic rings. The summed E-state index contributed by atoms with van der Waals surface area (Å²) in [5.74, 6) is 0.512. The highest BCUT2D eigenvalue weighted by atomic mass is 16.5. The second kappa shape index (κ2) is 7.00. The van der Waals surface area contributed by atoms with E-state index in [-0.39, 0.29) is 5.91 Å². The predicted molar refractivity (Wildman–Crippen MR) is 69.6 cm³/mol. The van der Waals surface area contributed by atoms with E-state index >= 15 is 0 Å². The second-order valence-corrected chi connectivity index (χ2v) is 4.13. The van der Waals surface area contributed by atoms with Gasteiger partial charge in [0.25, 0.3) is 5.91 Å². The van der Waals surface area contributed by atoms with Gasteiger partial charge in [-0.1, -0.05) is 6.92 Å². The SMILES string of the molecule is CCCN(CCCN)C(=O)c1cc(OC)n(C)n1. The Labute approximate surface area is 108 Å². The summed E-state index contributed by atoms with van der Waals surface area (Å²) < 4.78 is 6.66. The number of carbonyl (C=O) groups excluding carboxylic acids is 1. The summed E-state index contributed by atoms with van der Waals surface area (Å²) in [6.07, 6.45) is 1.72. The molecule has 0 aliphatic carbocycles. The fraction of sp³-hybridized carbons (Fsp3) is 0.667. The van der Waals surface area contributed by atoms with E-state index < -0.39 is 0 Å². The molecule has 1 aromatic heterocycles. The Kier molecular flexibility index (Phi) is 5.64. The molecule has 1 aromatic rings. The van der Waals surface area contributed by atoms with Crippen LogP contribution in [-0.4, -0.2) is 47.3 Å². The maximum absolute atomic E-state index is 12.3. The number of hydrogen-bond donors (Lipinski definition) is 1. The molecule has 6 nitrogen and oxygen atoms in total. The Balaban J connectivity index is 2.80. The van der Waals surface area contributed by atoms with Crippen molar-refractivity contribution >= 4 is 5.91 Å². The van der Waals surface area contributed by atoms with Crippen LogP contribution in [0.4, 0.5) is 0 Å². The number of aromatic nitrogens is 2. The topological polar surface area (TPSA) is 73.4 Å². The smallest absolute Gasteiger partial charge is 0.274 e. The molecular weight excluding hydrogens is 232 g/mol. The van der Waals surface area contributed by atoms with Crippen molar-refractivity contribution in [2.24, 2.45) is 12.8 Å². The first-order valence-electron chi connectivity index (χ1n) is 6.21. The number of amides is 1. The van der Waals surface area contributed by atoms with Crippen LogP contribution < -0.4 is 10.5 Å². The quantitative estimate of drug-likeness (QED) is 0.774. The third-order valence-electron chi connectivity index (χ3n) is 2.68. The van der Waals surface area contributed by atoms with Crippen molar-refractivity contribution in [3.63, 3.8) is 0 Å². The van der Waals surface area contributed by atoms with Gasteiger partial charge in [0.15, 0.2) is 5.69 Å². The summed E-state index contributed by atoms with van der Waals surface area (Å²) in [5.41, 5.74) is 5.90. The average Bonchev–Trinajstić information content (AvgIpc) is 2.75. The van der Waals surface area contributed by atoms with Crippen LogP contribution in [0.1, 0.15) is 30.3 Å². The molecule has 1 heterocycles. The monoisotopic (exact) mass is 254 g/mol. The molecule has 2 N–H and O–H groups in total. The summed E-state index contributed by atoms with van der Waals surface area (Å²) in [4.78, 5) is 14.1. The van der Waals surface area contributed by atoms with Gasteiger partial charge in [-0.05, 0) is 19.4 Å². The number of ether oxygens (including phenoxy) is 1. The van der Waals surface area contributed by atoms with E-state index in [2.05, 4.69) is 5.10 Å². The van der Waals surface area contributed by atoms with E-state index in [0.29, 0.717) is 24.7 Å². The minimum atomic E-state index is -0.0656. The number of carbonyl (C=O) groups is 1. The first-order valence-corrected chi connectivity index (χ1v) is 6.21. The number of aryl methyl sites for hydroxylation is 1. The first-order chi connectivity index (χ1) is 8.63. The van der Waals surface area contributed by atoms with Crippen LogP contribution >= 0.6 is 0 Å². The largest absolute Gasteiger partial charge is 0.481 e. The molecule has 6 heteroatoms. The molecule has 0 atom stereocenters. The summed E-state index contributed by atoms with van der Waals surface area (Å²) in [7, 11) is 3.31. The third kappa shape index (κ3) is 3.46. The molecule has 18 heavy (non-hydrogen) atoms. The zero-order valence-corrected chi connectivity index (χ0v) is 11.3. The molecule has 0 unspecified atom stereocenters. The van der Waals surface area contributed by atoms with Gasteiger partial charge in [0.2, 0.25) is 5.88 Å². The fourth-order valence-corrected chi connectivity index (χ4v) is 1.77. The number of methoxy groups -OCH3 is 1. The average molecular weight is 254 g/mol. The second-order valence-electron chi connectivity index (χ2n) is 4.13. The molecule has 0 aromatic carbocycles. The van der Waals surface area contributed by atoms with Crippen LogP contribution in [0.25, 0.3) is 0 Å². The van der Waals surface area contributed by atoms with Crippen molar-refractivity contribution in [1.29, 1.82) is 0 Å². The van der Waals surface area contributed by atoms with E-state index in [1.54, 1.807) is 29.8 Å². The van der Waals surface area contributed by atoms with E-state index in [1.165, 1.54) is 0 Å². The van der Waals surface area contributed by atoms with Crippen LogP contribution in [0.3, 0.4) is 0 Å². The summed E-state index contributed by atoms with van der Waals surface area (Å²) in [6, 6.07) is 1.66. The zero-order valence-electron chi connectivity index (χ0n) is 11.3. The Hall–Kier alpha value is -1.56. The van der Waals surface area contributed by atoms with Gasteiger partial charge in [-0.15, -0.1) is 0 Å². The molecule has 1 rings (SSSR count). The zero-order chi connectivity index (χ0) is 13.5. The van der Waals surface area contributed by atoms with Gasteiger partial charge >= 0.3 is 0 Å². The van der Waals surface area contributed by atoms with Gasteiger partial charge in [-0.25, -0.2) is 4.68 Å². The molecular formula is C12H22N4O2. The molecule has 0 saturated heterocycles. The summed E-state index contributed by atoms with van der Waals surface area (Å²) in [6.45, 7) is 4.01. The van der Waals surface area contributed by atoms with Crippen molar-refractivity contribution in [2.75, 3.05) is 26.7 Å². The maximum Gasteiger partial charge on any atom is 0.274 e. The minimum absolute atomic E-state index is 0.0656. The Morgan fingerprint density at radius 3 is 2.78 bits per heavy atom. The minimum Gasteiger partial charge on any atom is -0.481 e. The van der Waals surface area contributed by atoms with Crippen molar-refractivity contribution in [2.45, 2.75) is 19.8 Å². The normalized spacial score (nSPS) is 10.4.